The molecule has 4 nitrogen and oxygen atoms in total. The van der Waals surface area contributed by atoms with Gasteiger partial charge < -0.3 is 14.6 Å². The van der Waals surface area contributed by atoms with Gasteiger partial charge in [-0.3, -0.25) is 4.79 Å². The summed E-state index contributed by atoms with van der Waals surface area (Å²) in [7, 11) is 0. The van der Waals surface area contributed by atoms with Gasteiger partial charge in [-0.2, -0.15) is 57.1 Å². The second kappa shape index (κ2) is 9.26. The Labute approximate surface area is 207 Å². The number of hydrogen-bond donors (Lipinski definition) is 1. The average molecular weight is 588 g/mol. The molecular weight excluding hydrogens is 563 g/mol. The van der Waals surface area contributed by atoms with Crippen LogP contribution in [0, 0.1) is 11.3 Å². The largest absolute Gasteiger partial charge is 0.462 e. The first-order valence-electron chi connectivity index (χ1n) is 11.4. The highest BCUT2D eigenvalue weighted by atomic mass is 19.4. The molecule has 2 aliphatic rings. The van der Waals surface area contributed by atoms with Gasteiger partial charge in [0.2, 0.25) is 11.2 Å². The third kappa shape index (κ3) is 3.99. The number of carbonyl (C=O) groups excluding carboxylic acids is 1. The minimum atomic E-state index is -7.06. The standard InChI is InChI=1S/C21H25F13O4/c1-4-13(3,19(26,27)28)12(35)37-18(21(32,33)34)17(24,25)14(36,5-2)16(22,23)15(38-18,20(29,30)31)11-9-7-6-8-10-11/h11,36H,4-10H2,1-3H3. The maximum atomic E-state index is 15.6. The lowest BCUT2D eigenvalue weighted by atomic mass is 9.63. The molecule has 224 valence electrons. The van der Waals surface area contributed by atoms with Gasteiger partial charge in [0.1, 0.15) is 0 Å². The molecule has 4 unspecified atom stereocenters. The highest BCUT2D eigenvalue weighted by molar-refractivity contribution is 5.78. The lowest BCUT2D eigenvalue weighted by molar-refractivity contribution is -0.565. The van der Waals surface area contributed by atoms with Gasteiger partial charge in [0.15, 0.2) is 5.41 Å². The number of halogens is 13. The monoisotopic (exact) mass is 588 g/mol. The van der Waals surface area contributed by atoms with E-state index in [0.29, 0.717) is 6.92 Å². The Bertz CT molecular complexity index is 893. The normalized spacial score (nSPS) is 34.4. The second-order valence-electron chi connectivity index (χ2n) is 9.72. The molecule has 1 saturated heterocycles. The van der Waals surface area contributed by atoms with Crippen LogP contribution >= 0.6 is 0 Å². The topological polar surface area (TPSA) is 55.8 Å². The number of carbonyl (C=O) groups is 1. The minimum absolute atomic E-state index is 0.0842. The van der Waals surface area contributed by atoms with Gasteiger partial charge in [-0.1, -0.05) is 33.1 Å². The first-order chi connectivity index (χ1) is 16.8. The summed E-state index contributed by atoms with van der Waals surface area (Å²) in [5, 5.41) is 10.4. The Hall–Kier alpha value is -1.52. The predicted octanol–water partition coefficient (Wildman–Crippen LogP) is 7.09. The van der Waals surface area contributed by atoms with Crippen LogP contribution in [-0.2, 0) is 14.3 Å². The SMILES string of the molecule is CCC(C)(C(=O)OC1(C(F)(F)F)OC(C2CCCCC2)(C(F)(F)F)C(F)(F)C(O)(CC)C1(F)F)C(F)(F)F. The van der Waals surface area contributed by atoms with E-state index < -0.39 is 90.3 Å². The summed E-state index contributed by atoms with van der Waals surface area (Å²) in [6.07, 6.45) is -25.4. The van der Waals surface area contributed by atoms with E-state index >= 15 is 17.6 Å². The van der Waals surface area contributed by atoms with Crippen LogP contribution in [0.25, 0.3) is 0 Å². The molecule has 0 bridgehead atoms. The van der Waals surface area contributed by atoms with E-state index in [0.717, 1.165) is 0 Å². The molecule has 1 aliphatic heterocycles. The van der Waals surface area contributed by atoms with Gasteiger partial charge in [-0.15, -0.1) is 0 Å². The molecule has 38 heavy (non-hydrogen) atoms. The van der Waals surface area contributed by atoms with Crippen molar-refractivity contribution < 1.29 is 76.5 Å². The van der Waals surface area contributed by atoms with Gasteiger partial charge in [-0.25, -0.2) is 0 Å². The van der Waals surface area contributed by atoms with Crippen LogP contribution in [0.4, 0.5) is 57.1 Å². The van der Waals surface area contributed by atoms with Crippen LogP contribution in [0.1, 0.15) is 65.7 Å². The fourth-order valence-corrected chi connectivity index (χ4v) is 4.97. The quantitative estimate of drug-likeness (QED) is 0.275. The van der Waals surface area contributed by atoms with Crippen molar-refractivity contribution in [3.63, 3.8) is 0 Å². The number of hydrogen-bond acceptors (Lipinski definition) is 4. The van der Waals surface area contributed by atoms with Crippen LogP contribution in [0.15, 0.2) is 0 Å². The molecule has 1 heterocycles. The van der Waals surface area contributed by atoms with Gasteiger partial charge in [0.25, 0.3) is 0 Å². The van der Waals surface area contributed by atoms with Crippen molar-refractivity contribution in [2.75, 3.05) is 0 Å². The average Bonchev–Trinajstić information content (AvgIpc) is 2.77. The van der Waals surface area contributed by atoms with Crippen molar-refractivity contribution in [3.05, 3.63) is 0 Å². The van der Waals surface area contributed by atoms with E-state index in [9.17, 15) is 49.4 Å². The van der Waals surface area contributed by atoms with Crippen LogP contribution in [0.3, 0.4) is 0 Å². The predicted molar refractivity (Wildman–Crippen MR) is 101 cm³/mol. The Morgan fingerprint density at radius 1 is 0.868 bits per heavy atom. The molecule has 17 heteroatoms. The molecule has 0 amide bonds. The highest BCUT2D eigenvalue weighted by Gasteiger charge is 2.97. The van der Waals surface area contributed by atoms with Gasteiger partial charge in [-0.05, 0) is 32.6 Å². The zero-order valence-electron chi connectivity index (χ0n) is 20.1. The molecule has 2 rings (SSSR count). The molecule has 0 radical (unpaired) electrons. The van der Waals surface area contributed by atoms with Crippen molar-refractivity contribution in [2.24, 2.45) is 11.3 Å². The fourth-order valence-electron chi connectivity index (χ4n) is 4.97. The van der Waals surface area contributed by atoms with E-state index in [4.69, 9.17) is 0 Å². The molecule has 2 fully saturated rings. The third-order valence-corrected chi connectivity index (χ3v) is 7.73. The van der Waals surface area contributed by atoms with Crippen LogP contribution in [-0.4, -0.2) is 58.4 Å². The van der Waals surface area contributed by atoms with E-state index in [1.165, 1.54) is 0 Å². The first-order valence-corrected chi connectivity index (χ1v) is 11.4. The summed E-state index contributed by atoms with van der Waals surface area (Å²) in [4.78, 5) is 12.4. The summed E-state index contributed by atoms with van der Waals surface area (Å²) in [5.41, 5.74) is -15.1. The molecule has 1 N–H and O–H groups in total. The first kappa shape index (κ1) is 32.7. The Morgan fingerprint density at radius 2 is 1.34 bits per heavy atom. The molecule has 1 aliphatic carbocycles. The molecule has 0 aromatic carbocycles. The molecule has 0 aromatic heterocycles. The fraction of sp³-hybridized carbons (Fsp3) is 0.952. The van der Waals surface area contributed by atoms with Crippen molar-refractivity contribution in [3.8, 4) is 0 Å². The van der Waals surface area contributed by atoms with Crippen molar-refractivity contribution in [2.45, 2.75) is 113 Å². The van der Waals surface area contributed by atoms with E-state index in [1.807, 2.05) is 0 Å². The summed E-state index contributed by atoms with van der Waals surface area (Å²) in [6, 6.07) is 0. The summed E-state index contributed by atoms with van der Waals surface area (Å²) < 4.78 is 197. The molecule has 0 aromatic rings. The van der Waals surface area contributed by atoms with Crippen LogP contribution in [0.2, 0.25) is 0 Å². The number of aliphatic hydroxyl groups is 1. The van der Waals surface area contributed by atoms with Crippen molar-refractivity contribution in [1.29, 1.82) is 0 Å². The number of rotatable bonds is 5. The van der Waals surface area contributed by atoms with E-state index in [2.05, 4.69) is 9.47 Å². The lowest BCUT2D eigenvalue weighted by Gasteiger charge is -2.62. The molecule has 1 saturated carbocycles. The zero-order valence-corrected chi connectivity index (χ0v) is 20.1. The highest BCUT2D eigenvalue weighted by Crippen LogP contribution is 2.70. The second-order valence-corrected chi connectivity index (χ2v) is 9.72. The Kier molecular flexibility index (Phi) is 7.97. The minimum Gasteiger partial charge on any atom is -0.417 e. The van der Waals surface area contributed by atoms with Gasteiger partial charge >= 0.3 is 42.1 Å². The lowest BCUT2D eigenvalue weighted by Crippen LogP contribution is -2.89. The summed E-state index contributed by atoms with van der Waals surface area (Å²) in [6.45, 7) is 0.705. The number of alkyl halides is 13. The number of ether oxygens (including phenoxy) is 2. The Morgan fingerprint density at radius 3 is 1.68 bits per heavy atom. The maximum Gasteiger partial charge on any atom is 0.462 e. The zero-order chi connectivity index (χ0) is 30.0. The third-order valence-electron chi connectivity index (χ3n) is 7.73. The maximum absolute atomic E-state index is 15.6. The van der Waals surface area contributed by atoms with Gasteiger partial charge in [0.05, 0.1) is 0 Å². The summed E-state index contributed by atoms with van der Waals surface area (Å²) >= 11 is 0. The summed E-state index contributed by atoms with van der Waals surface area (Å²) in [5.74, 6) is -25.1. The van der Waals surface area contributed by atoms with Crippen molar-refractivity contribution in [1.82, 2.24) is 0 Å². The number of esters is 1. The van der Waals surface area contributed by atoms with E-state index in [-0.39, 0.29) is 33.1 Å². The molecule has 0 spiro atoms. The van der Waals surface area contributed by atoms with Crippen LogP contribution < -0.4 is 0 Å². The molecule has 4 atom stereocenters. The Balaban J connectivity index is 3.04. The van der Waals surface area contributed by atoms with Gasteiger partial charge in [0, 0.05) is 5.92 Å². The van der Waals surface area contributed by atoms with Crippen molar-refractivity contribution >= 4 is 5.97 Å². The molecular formula is C21H25F13O4. The van der Waals surface area contributed by atoms with E-state index in [1.54, 1.807) is 0 Å². The smallest absolute Gasteiger partial charge is 0.417 e. The van der Waals surface area contributed by atoms with Crippen LogP contribution in [0.5, 0.6) is 0 Å².